The third kappa shape index (κ3) is 4.88. The molecule has 1 saturated heterocycles. The normalized spacial score (nSPS) is 14.9. The number of nitrogens with one attached hydrogen (secondary N) is 1. The smallest absolute Gasteiger partial charge is 0.271 e. The number of rotatable bonds is 6. The first-order valence-corrected chi connectivity index (χ1v) is 9.63. The number of hydrogen-bond acceptors (Lipinski definition) is 6. The van der Waals surface area contributed by atoms with Gasteiger partial charge in [0.15, 0.2) is 5.78 Å². The molecule has 0 atom stereocenters. The number of nitro benzene ring substituents is 1. The van der Waals surface area contributed by atoms with Crippen LogP contribution in [0.5, 0.6) is 0 Å². The number of nitro groups is 1. The summed E-state index contributed by atoms with van der Waals surface area (Å²) in [6, 6.07) is 12.6. The lowest BCUT2D eigenvalue weighted by Crippen LogP contribution is -2.34. The molecule has 3 rings (SSSR count). The molecule has 0 unspecified atom stereocenters. The first-order valence-electron chi connectivity index (χ1n) is 8.64. The van der Waals surface area contributed by atoms with Crippen molar-refractivity contribution in [2.45, 2.75) is 6.92 Å². The summed E-state index contributed by atoms with van der Waals surface area (Å²) < 4.78 is 0. The van der Waals surface area contributed by atoms with Crippen molar-refractivity contribution in [3.63, 3.8) is 0 Å². The van der Waals surface area contributed by atoms with Gasteiger partial charge in [-0.15, -0.1) is 0 Å². The van der Waals surface area contributed by atoms with Gasteiger partial charge in [0.25, 0.3) is 5.69 Å². The maximum atomic E-state index is 12.6. The number of benzene rings is 2. The molecule has 1 heterocycles. The molecule has 1 aliphatic heterocycles. The predicted octanol–water partition coefficient (Wildman–Crippen LogP) is 3.14. The van der Waals surface area contributed by atoms with Gasteiger partial charge in [0.1, 0.15) is 6.54 Å². The molecule has 2 amide bonds. The lowest BCUT2D eigenvalue weighted by atomic mass is 10.1. The van der Waals surface area contributed by atoms with Crippen LogP contribution in [0.15, 0.2) is 59.6 Å². The minimum Gasteiger partial charge on any atom is -0.324 e. The molecule has 1 fully saturated rings. The van der Waals surface area contributed by atoms with Crippen molar-refractivity contribution in [2.24, 2.45) is 0 Å². The van der Waals surface area contributed by atoms with Crippen LogP contribution in [0.2, 0.25) is 0 Å². The Labute approximate surface area is 170 Å². The van der Waals surface area contributed by atoms with E-state index >= 15 is 0 Å². The minimum atomic E-state index is -0.561. The maximum absolute atomic E-state index is 12.6. The second-order valence-electron chi connectivity index (χ2n) is 6.29. The fourth-order valence-electron chi connectivity index (χ4n) is 2.78. The largest absolute Gasteiger partial charge is 0.324 e. The van der Waals surface area contributed by atoms with Gasteiger partial charge in [-0.3, -0.25) is 29.4 Å². The molecule has 2 aromatic carbocycles. The molecule has 0 saturated carbocycles. The monoisotopic (exact) mass is 411 g/mol. The Bertz CT molecular complexity index is 1030. The second kappa shape index (κ2) is 8.70. The summed E-state index contributed by atoms with van der Waals surface area (Å²) in [7, 11) is 0. The average molecular weight is 411 g/mol. The van der Waals surface area contributed by atoms with E-state index in [1.165, 1.54) is 47.0 Å². The summed E-state index contributed by atoms with van der Waals surface area (Å²) in [6.45, 7) is 1.53. The van der Waals surface area contributed by atoms with Crippen LogP contribution in [-0.4, -0.2) is 39.7 Å². The van der Waals surface area contributed by atoms with Crippen LogP contribution in [0.4, 0.5) is 11.4 Å². The number of hydrogen-bond donors (Lipinski definition) is 1. The van der Waals surface area contributed by atoms with Gasteiger partial charge in [-0.25, -0.2) is 0 Å². The quantitative estimate of drug-likeness (QED) is 0.338. The molecule has 29 heavy (non-hydrogen) atoms. The van der Waals surface area contributed by atoms with Gasteiger partial charge in [0.05, 0.1) is 15.7 Å². The Hall–Kier alpha value is -3.46. The molecule has 8 nitrogen and oxygen atoms in total. The summed E-state index contributed by atoms with van der Waals surface area (Å²) in [4.78, 5) is 48.6. The van der Waals surface area contributed by atoms with E-state index in [1.807, 2.05) is 19.1 Å². The summed E-state index contributed by atoms with van der Waals surface area (Å²) in [5, 5.41) is 13.8. The topological polar surface area (TPSA) is 110 Å². The second-order valence-corrected chi connectivity index (χ2v) is 7.28. The van der Waals surface area contributed by atoms with E-state index in [-0.39, 0.29) is 35.4 Å². The highest BCUT2D eigenvalue weighted by Crippen LogP contribution is 2.29. The van der Waals surface area contributed by atoms with Crippen LogP contribution in [0.25, 0.3) is 0 Å². The lowest BCUT2D eigenvalue weighted by Gasteiger charge is -2.16. The van der Waals surface area contributed by atoms with Gasteiger partial charge in [-0.1, -0.05) is 42.1 Å². The molecular formula is C20H17N3O5S. The molecule has 0 spiro atoms. The number of ketones is 1. The van der Waals surface area contributed by atoms with Crippen LogP contribution in [-0.2, 0) is 9.59 Å². The molecular weight excluding hydrogens is 394 g/mol. The molecule has 148 valence electrons. The summed E-state index contributed by atoms with van der Waals surface area (Å²) in [5.74, 6) is -0.912. The van der Waals surface area contributed by atoms with Crippen molar-refractivity contribution in [1.82, 2.24) is 4.90 Å². The Morgan fingerprint density at radius 2 is 2.00 bits per heavy atom. The van der Waals surface area contributed by atoms with Gasteiger partial charge in [-0.05, 0) is 18.6 Å². The number of thioether (sulfide) groups is 1. The Kier molecular flexibility index (Phi) is 6.08. The van der Waals surface area contributed by atoms with Crippen molar-refractivity contribution in [1.29, 1.82) is 0 Å². The minimum absolute atomic E-state index is 0.136. The number of carbonyl (C=O) groups is 3. The number of allylic oxidation sites excluding steroid dienone is 1. The molecule has 9 heteroatoms. The lowest BCUT2D eigenvalue weighted by molar-refractivity contribution is -0.384. The standard InChI is InChI=1S/C20H17N3O5S/c1-13-5-2-3-8-16(13)17(24)10-20-22(19(26)12-29-20)11-18(25)21-14-6-4-7-15(9-14)23(27)28/h2-10H,11-12H2,1H3,(H,21,25)/b20-10-. The highest BCUT2D eigenvalue weighted by molar-refractivity contribution is 8.04. The number of amides is 2. The fourth-order valence-corrected chi connectivity index (χ4v) is 3.72. The van der Waals surface area contributed by atoms with Gasteiger partial charge in [-0.2, -0.15) is 0 Å². The number of carbonyl (C=O) groups excluding carboxylic acids is 3. The Morgan fingerprint density at radius 1 is 1.24 bits per heavy atom. The van der Waals surface area contributed by atoms with Crippen molar-refractivity contribution >= 4 is 40.7 Å². The SMILES string of the molecule is Cc1ccccc1C(=O)/C=C1\SCC(=O)N1CC(=O)Nc1cccc([N+](=O)[O-])c1. The molecule has 0 aliphatic carbocycles. The molecule has 0 bridgehead atoms. The van der Waals surface area contributed by atoms with Crippen LogP contribution in [0, 0.1) is 17.0 Å². The molecule has 2 aromatic rings. The third-order valence-electron chi connectivity index (χ3n) is 4.22. The zero-order chi connectivity index (χ0) is 21.0. The van der Waals surface area contributed by atoms with E-state index in [1.54, 1.807) is 12.1 Å². The zero-order valence-electron chi connectivity index (χ0n) is 15.5. The van der Waals surface area contributed by atoms with E-state index in [9.17, 15) is 24.5 Å². The van der Waals surface area contributed by atoms with Crippen molar-refractivity contribution in [3.8, 4) is 0 Å². The molecule has 0 aromatic heterocycles. The van der Waals surface area contributed by atoms with E-state index in [4.69, 9.17) is 0 Å². The summed E-state index contributed by atoms with van der Waals surface area (Å²) in [6.07, 6.45) is 1.36. The van der Waals surface area contributed by atoms with Gasteiger partial charge >= 0.3 is 0 Å². The third-order valence-corrected chi connectivity index (χ3v) is 5.24. The average Bonchev–Trinajstić information content (AvgIpc) is 3.01. The van der Waals surface area contributed by atoms with Gasteiger partial charge < -0.3 is 5.32 Å². The number of nitrogens with zero attached hydrogens (tertiary/aromatic N) is 2. The summed E-state index contributed by atoms with van der Waals surface area (Å²) >= 11 is 1.19. The summed E-state index contributed by atoms with van der Waals surface area (Å²) in [5.41, 5.74) is 1.45. The predicted molar refractivity (Wildman–Crippen MR) is 109 cm³/mol. The molecule has 1 N–H and O–H groups in total. The van der Waals surface area contributed by atoms with Crippen LogP contribution in [0.3, 0.4) is 0 Å². The van der Waals surface area contributed by atoms with Crippen LogP contribution >= 0.6 is 11.8 Å². The Balaban J connectivity index is 1.73. The van der Waals surface area contributed by atoms with Gasteiger partial charge in [0, 0.05) is 29.5 Å². The van der Waals surface area contributed by atoms with Gasteiger partial charge in [0.2, 0.25) is 11.8 Å². The highest BCUT2D eigenvalue weighted by Gasteiger charge is 2.29. The fraction of sp³-hybridized carbons (Fsp3) is 0.150. The van der Waals surface area contributed by atoms with Crippen molar-refractivity contribution in [2.75, 3.05) is 17.6 Å². The van der Waals surface area contributed by atoms with Crippen molar-refractivity contribution < 1.29 is 19.3 Å². The van der Waals surface area contributed by atoms with E-state index in [2.05, 4.69) is 5.32 Å². The number of non-ortho nitro benzene ring substituents is 1. The van der Waals surface area contributed by atoms with E-state index < -0.39 is 10.8 Å². The van der Waals surface area contributed by atoms with E-state index in [0.29, 0.717) is 10.6 Å². The highest BCUT2D eigenvalue weighted by atomic mass is 32.2. The van der Waals surface area contributed by atoms with E-state index in [0.717, 1.165) is 5.56 Å². The first kappa shape index (κ1) is 20.3. The zero-order valence-corrected chi connectivity index (χ0v) is 16.3. The first-order chi connectivity index (χ1) is 13.8. The number of aryl methyl sites for hydroxylation is 1. The van der Waals surface area contributed by atoms with Crippen LogP contribution in [0.1, 0.15) is 15.9 Å². The van der Waals surface area contributed by atoms with Crippen LogP contribution < -0.4 is 5.32 Å². The Morgan fingerprint density at radius 3 is 2.72 bits per heavy atom. The number of anilines is 1. The molecule has 0 radical (unpaired) electrons. The van der Waals surface area contributed by atoms with Crippen molar-refractivity contribution in [3.05, 3.63) is 80.9 Å². The maximum Gasteiger partial charge on any atom is 0.271 e. The molecule has 1 aliphatic rings.